The van der Waals surface area contributed by atoms with Gasteiger partial charge < -0.3 is 5.32 Å². The molecule has 0 spiro atoms. The quantitative estimate of drug-likeness (QED) is 0.694. The largest absolute Gasteiger partial charge is 0.352 e. The highest BCUT2D eigenvalue weighted by Gasteiger charge is 2.09. The fraction of sp³-hybridized carbons (Fsp3) is 0.118. The van der Waals surface area contributed by atoms with Gasteiger partial charge in [0.2, 0.25) is 0 Å². The third-order valence-corrected chi connectivity index (χ3v) is 3.62. The maximum atomic E-state index is 12.1. The molecule has 0 aliphatic rings. The zero-order valence-electron chi connectivity index (χ0n) is 11.1. The van der Waals surface area contributed by atoms with Gasteiger partial charge >= 0.3 is 0 Å². The average Bonchev–Trinajstić information content (AvgIpc) is 2.44. The lowest BCUT2D eigenvalue weighted by Crippen LogP contribution is -2.22. The molecule has 3 aromatic carbocycles. The van der Waals surface area contributed by atoms with Crippen LogP contribution in [0.4, 0.5) is 0 Å². The molecule has 0 bridgehead atoms. The number of halogens is 1. The Hall–Kier alpha value is -2.06. The first-order valence-corrected chi connectivity index (χ1v) is 6.97. The summed E-state index contributed by atoms with van der Waals surface area (Å²) in [7, 11) is 0. The topological polar surface area (TPSA) is 29.1 Å². The third kappa shape index (κ3) is 2.23. The predicted octanol–water partition coefficient (Wildman–Crippen LogP) is 4.40. The van der Waals surface area contributed by atoms with Gasteiger partial charge in [-0.15, -0.1) is 0 Å². The molecule has 0 fully saturated rings. The van der Waals surface area contributed by atoms with E-state index in [1.807, 2.05) is 49.4 Å². The molecule has 1 N–H and O–H groups in total. The molecule has 20 heavy (non-hydrogen) atoms. The van der Waals surface area contributed by atoms with Gasteiger partial charge in [0.15, 0.2) is 0 Å². The number of rotatable bonds is 2. The van der Waals surface area contributed by atoms with E-state index in [1.54, 1.807) is 0 Å². The normalized spacial score (nSPS) is 10.9. The molecule has 2 nitrogen and oxygen atoms in total. The molecule has 3 aromatic rings. The summed E-state index contributed by atoms with van der Waals surface area (Å²) in [6, 6.07) is 15.7. The number of hydrogen-bond acceptors (Lipinski definition) is 1. The first-order valence-electron chi connectivity index (χ1n) is 6.59. The van der Waals surface area contributed by atoms with Crippen molar-refractivity contribution in [1.82, 2.24) is 5.32 Å². The molecule has 0 aromatic heterocycles. The Balaban J connectivity index is 2.28. The second-order valence-corrected chi connectivity index (χ2v) is 5.17. The van der Waals surface area contributed by atoms with E-state index in [1.165, 1.54) is 0 Å². The zero-order chi connectivity index (χ0) is 14.1. The monoisotopic (exact) mass is 283 g/mol. The van der Waals surface area contributed by atoms with Crippen LogP contribution in [0.25, 0.3) is 21.5 Å². The van der Waals surface area contributed by atoms with Gasteiger partial charge in [0.1, 0.15) is 0 Å². The molecule has 0 aliphatic heterocycles. The van der Waals surface area contributed by atoms with Gasteiger partial charge in [-0.05, 0) is 58.8 Å². The fourth-order valence-corrected chi connectivity index (χ4v) is 2.63. The molecular weight excluding hydrogens is 270 g/mol. The van der Waals surface area contributed by atoms with Crippen molar-refractivity contribution in [2.24, 2.45) is 0 Å². The van der Waals surface area contributed by atoms with Crippen LogP contribution >= 0.6 is 11.6 Å². The second kappa shape index (κ2) is 5.14. The summed E-state index contributed by atoms with van der Waals surface area (Å²) < 4.78 is 0. The molecule has 0 saturated carbocycles. The molecule has 3 heteroatoms. The lowest BCUT2D eigenvalue weighted by atomic mass is 9.99. The molecule has 0 aliphatic carbocycles. The van der Waals surface area contributed by atoms with Crippen molar-refractivity contribution < 1.29 is 4.79 Å². The second-order valence-electron chi connectivity index (χ2n) is 4.73. The molecular formula is C17H14ClNO. The SMILES string of the molecule is CCNC(=O)c1cccc2cc3cc(Cl)ccc3cc12. The van der Waals surface area contributed by atoms with Crippen LogP contribution in [0.1, 0.15) is 17.3 Å². The van der Waals surface area contributed by atoms with Crippen LogP contribution in [-0.2, 0) is 0 Å². The summed E-state index contributed by atoms with van der Waals surface area (Å²) >= 11 is 6.03. The lowest BCUT2D eigenvalue weighted by Gasteiger charge is -2.08. The van der Waals surface area contributed by atoms with Gasteiger partial charge in [-0.1, -0.05) is 29.8 Å². The van der Waals surface area contributed by atoms with E-state index in [2.05, 4.69) is 11.4 Å². The van der Waals surface area contributed by atoms with Crippen LogP contribution in [0.5, 0.6) is 0 Å². The van der Waals surface area contributed by atoms with Crippen molar-refractivity contribution in [3.63, 3.8) is 0 Å². The van der Waals surface area contributed by atoms with Crippen molar-refractivity contribution in [1.29, 1.82) is 0 Å². The van der Waals surface area contributed by atoms with E-state index in [9.17, 15) is 4.79 Å². The summed E-state index contributed by atoms with van der Waals surface area (Å²) in [4.78, 5) is 12.1. The van der Waals surface area contributed by atoms with Crippen LogP contribution in [-0.4, -0.2) is 12.5 Å². The van der Waals surface area contributed by atoms with Crippen LogP contribution in [0.3, 0.4) is 0 Å². The van der Waals surface area contributed by atoms with Crippen molar-refractivity contribution in [2.45, 2.75) is 6.92 Å². The van der Waals surface area contributed by atoms with Gasteiger partial charge in [0.25, 0.3) is 5.91 Å². The van der Waals surface area contributed by atoms with Crippen LogP contribution in [0.2, 0.25) is 5.02 Å². The minimum Gasteiger partial charge on any atom is -0.352 e. The first-order chi connectivity index (χ1) is 9.69. The van der Waals surface area contributed by atoms with Gasteiger partial charge in [-0.25, -0.2) is 0 Å². The summed E-state index contributed by atoms with van der Waals surface area (Å²) in [5, 5.41) is 7.74. The molecule has 0 saturated heterocycles. The van der Waals surface area contributed by atoms with Gasteiger partial charge in [-0.3, -0.25) is 4.79 Å². The highest BCUT2D eigenvalue weighted by molar-refractivity contribution is 6.31. The molecule has 0 heterocycles. The minimum absolute atomic E-state index is 0.0357. The molecule has 0 radical (unpaired) electrons. The van der Waals surface area contributed by atoms with E-state index in [-0.39, 0.29) is 5.91 Å². The smallest absolute Gasteiger partial charge is 0.251 e. The van der Waals surface area contributed by atoms with Gasteiger partial charge in [0.05, 0.1) is 0 Å². The highest BCUT2D eigenvalue weighted by Crippen LogP contribution is 2.27. The van der Waals surface area contributed by atoms with E-state index in [4.69, 9.17) is 11.6 Å². The van der Waals surface area contributed by atoms with Crippen LogP contribution in [0, 0.1) is 0 Å². The van der Waals surface area contributed by atoms with Crippen molar-refractivity contribution in [3.8, 4) is 0 Å². The first kappa shape index (κ1) is 12.9. The minimum atomic E-state index is -0.0357. The van der Waals surface area contributed by atoms with Crippen LogP contribution in [0.15, 0.2) is 48.5 Å². The number of amides is 1. The summed E-state index contributed by atoms with van der Waals surface area (Å²) in [6.45, 7) is 2.54. The van der Waals surface area contributed by atoms with E-state index in [0.717, 1.165) is 26.6 Å². The maximum Gasteiger partial charge on any atom is 0.251 e. The fourth-order valence-electron chi connectivity index (χ4n) is 2.45. The van der Waals surface area contributed by atoms with Gasteiger partial charge in [-0.2, -0.15) is 0 Å². The Morgan fingerprint density at radius 2 is 1.90 bits per heavy atom. The third-order valence-electron chi connectivity index (χ3n) is 3.38. The number of carbonyl (C=O) groups excluding carboxylic acids is 1. The Labute approximate surface area is 122 Å². The van der Waals surface area contributed by atoms with Gasteiger partial charge in [0, 0.05) is 17.1 Å². The van der Waals surface area contributed by atoms with Crippen molar-refractivity contribution >= 4 is 39.1 Å². The average molecular weight is 284 g/mol. The Kier molecular flexibility index (Phi) is 3.33. The number of nitrogens with one attached hydrogen (secondary N) is 1. The van der Waals surface area contributed by atoms with E-state index < -0.39 is 0 Å². The maximum absolute atomic E-state index is 12.1. The molecule has 100 valence electrons. The van der Waals surface area contributed by atoms with Crippen molar-refractivity contribution in [2.75, 3.05) is 6.54 Å². The van der Waals surface area contributed by atoms with Crippen LogP contribution < -0.4 is 5.32 Å². The standard InChI is InChI=1S/C17H14ClNO/c1-2-19-17(20)15-5-3-4-12-8-13-9-14(18)7-6-11(13)10-16(12)15/h3-10H,2H2,1H3,(H,19,20). The number of benzene rings is 3. The number of hydrogen-bond donors (Lipinski definition) is 1. The summed E-state index contributed by atoms with van der Waals surface area (Å²) in [5.74, 6) is -0.0357. The molecule has 1 amide bonds. The zero-order valence-corrected chi connectivity index (χ0v) is 11.9. The molecule has 3 rings (SSSR count). The number of fused-ring (bicyclic) bond motifs is 2. The highest BCUT2D eigenvalue weighted by atomic mass is 35.5. The molecule has 0 atom stereocenters. The van der Waals surface area contributed by atoms with Crippen molar-refractivity contribution in [3.05, 3.63) is 59.1 Å². The lowest BCUT2D eigenvalue weighted by molar-refractivity contribution is 0.0957. The number of carbonyl (C=O) groups is 1. The predicted molar refractivity (Wildman–Crippen MR) is 84.5 cm³/mol. The summed E-state index contributed by atoms with van der Waals surface area (Å²) in [6.07, 6.45) is 0. The Bertz CT molecular complexity index is 811. The molecule has 0 unspecified atom stereocenters. The van der Waals surface area contributed by atoms with E-state index >= 15 is 0 Å². The van der Waals surface area contributed by atoms with E-state index in [0.29, 0.717) is 12.1 Å². The summed E-state index contributed by atoms with van der Waals surface area (Å²) in [5.41, 5.74) is 0.709. The Morgan fingerprint density at radius 3 is 2.70 bits per heavy atom. The Morgan fingerprint density at radius 1 is 1.05 bits per heavy atom.